The molecule has 0 atom stereocenters. The summed E-state index contributed by atoms with van der Waals surface area (Å²) in [6, 6.07) is 15.3. The molecule has 2 aromatic carbocycles. The quantitative estimate of drug-likeness (QED) is 0.769. The summed E-state index contributed by atoms with van der Waals surface area (Å²) in [7, 11) is 0. The highest BCUT2D eigenvalue weighted by molar-refractivity contribution is 5.90. The summed E-state index contributed by atoms with van der Waals surface area (Å²) in [5.41, 5.74) is 1.66. The Balaban J connectivity index is 2.15. The lowest BCUT2D eigenvalue weighted by atomic mass is 10.1. The van der Waals surface area contributed by atoms with Crippen molar-refractivity contribution in [2.75, 3.05) is 0 Å². The van der Waals surface area contributed by atoms with Gasteiger partial charge in [-0.15, -0.1) is 0 Å². The van der Waals surface area contributed by atoms with Crippen LogP contribution in [0.5, 0.6) is 0 Å². The number of rotatable bonds is 2. The molecule has 3 nitrogen and oxygen atoms in total. The van der Waals surface area contributed by atoms with Gasteiger partial charge in [0, 0.05) is 10.9 Å². The molecule has 0 aliphatic rings. The minimum absolute atomic E-state index is 0.350. The number of halogens is 1. The fraction of sp³-hybridized carbons (Fsp3) is 0. The highest BCUT2D eigenvalue weighted by Gasteiger charge is 2.12. The Bertz CT molecular complexity index is 814. The van der Waals surface area contributed by atoms with Crippen LogP contribution in [0.4, 0.5) is 4.39 Å². The number of para-hydroxylation sites is 1. The highest BCUT2D eigenvalue weighted by atomic mass is 19.1. The number of carboxylic acids is 1. The molecule has 4 heteroatoms. The Kier molecular flexibility index (Phi) is 2.91. The third-order valence-electron chi connectivity index (χ3n) is 3.09. The Morgan fingerprint density at radius 1 is 1.05 bits per heavy atom. The van der Waals surface area contributed by atoms with Crippen molar-refractivity contribution < 1.29 is 14.3 Å². The Labute approximate surface area is 114 Å². The van der Waals surface area contributed by atoms with E-state index in [1.54, 1.807) is 6.07 Å². The van der Waals surface area contributed by atoms with Crippen molar-refractivity contribution in [2.24, 2.45) is 0 Å². The minimum atomic E-state index is -1.29. The van der Waals surface area contributed by atoms with Crippen LogP contribution in [-0.4, -0.2) is 16.1 Å². The first kappa shape index (κ1) is 12.3. The van der Waals surface area contributed by atoms with Crippen molar-refractivity contribution in [3.8, 4) is 11.3 Å². The van der Waals surface area contributed by atoms with Gasteiger partial charge >= 0.3 is 5.97 Å². The van der Waals surface area contributed by atoms with E-state index < -0.39 is 11.8 Å². The first-order chi connectivity index (χ1) is 9.65. The second-order valence-electron chi connectivity index (χ2n) is 4.39. The first-order valence-corrected chi connectivity index (χ1v) is 6.04. The van der Waals surface area contributed by atoms with Gasteiger partial charge in [-0.1, -0.05) is 24.3 Å². The Hall–Kier alpha value is -2.75. The largest absolute Gasteiger partial charge is 0.478 e. The third-order valence-corrected chi connectivity index (χ3v) is 3.09. The van der Waals surface area contributed by atoms with Crippen LogP contribution >= 0.6 is 0 Å². The summed E-state index contributed by atoms with van der Waals surface area (Å²) in [5, 5.41) is 9.95. The molecule has 0 bridgehead atoms. The topological polar surface area (TPSA) is 50.2 Å². The number of carboxylic acid groups (broad SMARTS) is 1. The average Bonchev–Trinajstić information content (AvgIpc) is 2.47. The maximum Gasteiger partial charge on any atom is 0.338 e. The third kappa shape index (κ3) is 2.12. The van der Waals surface area contributed by atoms with Crippen LogP contribution in [0.3, 0.4) is 0 Å². The molecule has 0 saturated carbocycles. The SMILES string of the molecule is O=C(O)c1cc(-c2ccc3ccccc3n2)ccc1F. The van der Waals surface area contributed by atoms with E-state index >= 15 is 0 Å². The monoisotopic (exact) mass is 267 g/mol. The molecule has 0 amide bonds. The molecular weight excluding hydrogens is 257 g/mol. The molecule has 3 aromatic rings. The molecule has 0 spiro atoms. The second-order valence-corrected chi connectivity index (χ2v) is 4.39. The molecule has 1 N–H and O–H groups in total. The lowest BCUT2D eigenvalue weighted by molar-refractivity contribution is 0.0692. The summed E-state index contributed by atoms with van der Waals surface area (Å²) in [5.74, 6) is -2.04. The maximum absolute atomic E-state index is 13.4. The summed E-state index contributed by atoms with van der Waals surface area (Å²) < 4.78 is 13.4. The van der Waals surface area contributed by atoms with E-state index in [0.29, 0.717) is 11.3 Å². The zero-order chi connectivity index (χ0) is 14.1. The summed E-state index contributed by atoms with van der Waals surface area (Å²) in [6.45, 7) is 0. The van der Waals surface area contributed by atoms with E-state index in [2.05, 4.69) is 4.98 Å². The number of carbonyl (C=O) groups is 1. The lowest BCUT2D eigenvalue weighted by Crippen LogP contribution is -2.00. The number of nitrogens with zero attached hydrogens (tertiary/aromatic N) is 1. The fourth-order valence-electron chi connectivity index (χ4n) is 2.08. The molecule has 0 unspecified atom stereocenters. The number of aromatic carboxylic acids is 1. The molecule has 0 saturated heterocycles. The van der Waals surface area contributed by atoms with Crippen molar-refractivity contribution in [3.05, 3.63) is 66.0 Å². The van der Waals surface area contributed by atoms with E-state index in [4.69, 9.17) is 5.11 Å². The number of benzene rings is 2. The van der Waals surface area contributed by atoms with Crippen LogP contribution in [0.25, 0.3) is 22.2 Å². The summed E-state index contributed by atoms with van der Waals surface area (Å²) >= 11 is 0. The second kappa shape index (κ2) is 4.74. The standard InChI is InChI=1S/C16H10FNO2/c17-13-7-5-11(9-12(13)16(19)20)15-8-6-10-3-1-2-4-14(10)18-15/h1-9H,(H,19,20). The smallest absolute Gasteiger partial charge is 0.338 e. The van der Waals surface area contributed by atoms with Crippen molar-refractivity contribution >= 4 is 16.9 Å². The summed E-state index contributed by atoms with van der Waals surface area (Å²) in [6.07, 6.45) is 0. The van der Waals surface area contributed by atoms with Crippen LogP contribution in [0.15, 0.2) is 54.6 Å². The predicted molar refractivity (Wildman–Crippen MR) is 74.1 cm³/mol. The van der Waals surface area contributed by atoms with Gasteiger partial charge < -0.3 is 5.11 Å². The van der Waals surface area contributed by atoms with E-state index in [1.165, 1.54) is 12.1 Å². The molecule has 0 aliphatic heterocycles. The number of pyridine rings is 1. The molecule has 98 valence electrons. The molecule has 0 radical (unpaired) electrons. The molecule has 0 fully saturated rings. The van der Waals surface area contributed by atoms with Gasteiger partial charge in [0.1, 0.15) is 5.82 Å². The van der Waals surface area contributed by atoms with Crippen molar-refractivity contribution in [3.63, 3.8) is 0 Å². The molecule has 1 heterocycles. The van der Waals surface area contributed by atoms with Gasteiger partial charge in [0.2, 0.25) is 0 Å². The normalized spacial score (nSPS) is 10.7. The van der Waals surface area contributed by atoms with Gasteiger partial charge in [0.25, 0.3) is 0 Å². The van der Waals surface area contributed by atoms with E-state index in [0.717, 1.165) is 17.0 Å². The number of aromatic nitrogens is 1. The van der Waals surface area contributed by atoms with Crippen molar-refractivity contribution in [2.45, 2.75) is 0 Å². The van der Waals surface area contributed by atoms with Gasteiger partial charge in [-0.05, 0) is 30.3 Å². The predicted octanol–water partition coefficient (Wildman–Crippen LogP) is 3.74. The lowest BCUT2D eigenvalue weighted by Gasteiger charge is -2.05. The van der Waals surface area contributed by atoms with Crippen molar-refractivity contribution in [1.82, 2.24) is 4.98 Å². The zero-order valence-electron chi connectivity index (χ0n) is 10.4. The molecule has 20 heavy (non-hydrogen) atoms. The summed E-state index contributed by atoms with van der Waals surface area (Å²) in [4.78, 5) is 15.4. The van der Waals surface area contributed by atoms with E-state index in [1.807, 2.05) is 30.3 Å². The zero-order valence-corrected chi connectivity index (χ0v) is 10.4. The number of hydrogen-bond acceptors (Lipinski definition) is 2. The van der Waals surface area contributed by atoms with E-state index in [9.17, 15) is 9.18 Å². The molecular formula is C16H10FNO2. The van der Waals surface area contributed by atoms with Crippen LogP contribution in [0.1, 0.15) is 10.4 Å². The number of fused-ring (bicyclic) bond motifs is 1. The molecule has 0 aliphatic carbocycles. The highest BCUT2D eigenvalue weighted by Crippen LogP contribution is 2.23. The Morgan fingerprint density at radius 3 is 2.65 bits per heavy atom. The van der Waals surface area contributed by atoms with Crippen LogP contribution < -0.4 is 0 Å². The van der Waals surface area contributed by atoms with Gasteiger partial charge in [0.05, 0.1) is 16.8 Å². The van der Waals surface area contributed by atoms with Crippen LogP contribution in [0.2, 0.25) is 0 Å². The Morgan fingerprint density at radius 2 is 1.85 bits per heavy atom. The van der Waals surface area contributed by atoms with Crippen molar-refractivity contribution in [1.29, 1.82) is 0 Å². The fourth-order valence-corrected chi connectivity index (χ4v) is 2.08. The van der Waals surface area contributed by atoms with E-state index in [-0.39, 0.29) is 5.56 Å². The minimum Gasteiger partial charge on any atom is -0.478 e. The number of hydrogen-bond donors (Lipinski definition) is 1. The van der Waals surface area contributed by atoms with Gasteiger partial charge in [-0.3, -0.25) is 0 Å². The molecule has 3 rings (SSSR count). The average molecular weight is 267 g/mol. The van der Waals surface area contributed by atoms with Gasteiger partial charge in [-0.25, -0.2) is 14.2 Å². The first-order valence-electron chi connectivity index (χ1n) is 6.04. The molecule has 1 aromatic heterocycles. The van der Waals surface area contributed by atoms with Crippen LogP contribution in [-0.2, 0) is 0 Å². The maximum atomic E-state index is 13.4. The van der Waals surface area contributed by atoms with Gasteiger partial charge in [0.15, 0.2) is 0 Å². The van der Waals surface area contributed by atoms with Crippen LogP contribution in [0, 0.1) is 5.82 Å². The van der Waals surface area contributed by atoms with Gasteiger partial charge in [-0.2, -0.15) is 0 Å².